The van der Waals surface area contributed by atoms with Gasteiger partial charge in [0.1, 0.15) is 18.4 Å². The van der Waals surface area contributed by atoms with E-state index in [0.29, 0.717) is 0 Å². The quantitative estimate of drug-likeness (QED) is 0.726. The number of rotatable bonds is 0. The number of nitrogens with two attached hydrogens (primary N) is 1. The maximum atomic E-state index is 12.5. The third kappa shape index (κ3) is 2.33. The molecule has 0 saturated heterocycles. The number of benzene rings is 1. The Kier molecular flexibility index (Phi) is 2.70. The molecular formula is C10H9F3N2O2. The Morgan fingerprint density at radius 3 is 2.76 bits per heavy atom. The lowest BCUT2D eigenvalue weighted by Crippen LogP contribution is -2.38. The zero-order valence-corrected chi connectivity index (χ0v) is 8.54. The molecule has 1 aromatic rings. The molecule has 0 radical (unpaired) electrons. The molecule has 4 nitrogen and oxygen atoms in total. The summed E-state index contributed by atoms with van der Waals surface area (Å²) in [5.41, 5.74) is 4.56. The molecule has 1 aromatic carbocycles. The van der Waals surface area contributed by atoms with Crippen LogP contribution in [-0.2, 0) is 11.0 Å². The van der Waals surface area contributed by atoms with Gasteiger partial charge in [-0.25, -0.2) is 0 Å². The van der Waals surface area contributed by atoms with E-state index in [4.69, 9.17) is 10.5 Å². The molecule has 7 heteroatoms. The number of halogens is 3. The molecule has 17 heavy (non-hydrogen) atoms. The average Bonchev–Trinajstić information content (AvgIpc) is 2.37. The SMILES string of the molecule is N[C@H]1COc2ccc(C(F)(F)F)cc2NC1=O. The van der Waals surface area contributed by atoms with Crippen LogP contribution in [0.2, 0.25) is 0 Å². The first-order valence-electron chi connectivity index (χ1n) is 4.78. The van der Waals surface area contributed by atoms with Crippen molar-refractivity contribution in [2.45, 2.75) is 12.2 Å². The summed E-state index contributed by atoms with van der Waals surface area (Å²) in [6.45, 7) is -0.0653. The summed E-state index contributed by atoms with van der Waals surface area (Å²) in [6.07, 6.45) is -4.46. The van der Waals surface area contributed by atoms with Crippen LogP contribution in [0.25, 0.3) is 0 Å². The van der Waals surface area contributed by atoms with Gasteiger partial charge in [0.15, 0.2) is 0 Å². The Bertz CT molecular complexity index is 459. The number of alkyl halides is 3. The summed E-state index contributed by atoms with van der Waals surface area (Å²) in [5, 5.41) is 2.30. The summed E-state index contributed by atoms with van der Waals surface area (Å²) in [5.74, 6) is -0.387. The van der Waals surface area contributed by atoms with E-state index in [-0.39, 0.29) is 18.0 Å². The Morgan fingerprint density at radius 1 is 1.41 bits per heavy atom. The smallest absolute Gasteiger partial charge is 0.416 e. The minimum absolute atomic E-state index is 0.0159. The zero-order valence-electron chi connectivity index (χ0n) is 8.54. The molecule has 0 aromatic heterocycles. The summed E-state index contributed by atoms with van der Waals surface area (Å²) in [4.78, 5) is 11.3. The van der Waals surface area contributed by atoms with Gasteiger partial charge in [-0.15, -0.1) is 0 Å². The van der Waals surface area contributed by atoms with Crippen molar-refractivity contribution < 1.29 is 22.7 Å². The predicted molar refractivity (Wildman–Crippen MR) is 53.5 cm³/mol. The van der Waals surface area contributed by atoms with Crippen molar-refractivity contribution in [1.29, 1.82) is 0 Å². The van der Waals surface area contributed by atoms with Crippen molar-refractivity contribution >= 4 is 11.6 Å². The van der Waals surface area contributed by atoms with Crippen molar-refractivity contribution in [2.75, 3.05) is 11.9 Å². The monoisotopic (exact) mass is 246 g/mol. The first kappa shape index (κ1) is 11.7. The second-order valence-corrected chi connectivity index (χ2v) is 3.62. The number of anilines is 1. The van der Waals surface area contributed by atoms with E-state index >= 15 is 0 Å². The molecule has 1 aliphatic heterocycles. The standard InChI is InChI=1S/C10H9F3N2O2/c11-10(12,13)5-1-2-8-7(3-5)15-9(16)6(14)4-17-8/h1-3,6H,4,14H2,(H,15,16)/t6-/m0/s1. The molecule has 3 N–H and O–H groups in total. The van der Waals surface area contributed by atoms with E-state index in [2.05, 4.69) is 5.32 Å². The van der Waals surface area contributed by atoms with E-state index in [1.54, 1.807) is 0 Å². The molecule has 1 amide bonds. The minimum Gasteiger partial charge on any atom is -0.489 e. The largest absolute Gasteiger partial charge is 0.489 e. The van der Waals surface area contributed by atoms with Crippen LogP contribution in [0.5, 0.6) is 5.75 Å². The molecule has 1 atom stereocenters. The number of hydrogen-bond acceptors (Lipinski definition) is 3. The van der Waals surface area contributed by atoms with Gasteiger partial charge < -0.3 is 15.8 Å². The average molecular weight is 246 g/mol. The first-order valence-corrected chi connectivity index (χ1v) is 4.78. The van der Waals surface area contributed by atoms with Gasteiger partial charge in [-0.3, -0.25) is 4.79 Å². The van der Waals surface area contributed by atoms with Crippen LogP contribution >= 0.6 is 0 Å². The van der Waals surface area contributed by atoms with E-state index < -0.39 is 23.7 Å². The van der Waals surface area contributed by atoms with Crippen molar-refractivity contribution in [3.8, 4) is 5.75 Å². The lowest BCUT2D eigenvalue weighted by Gasteiger charge is -2.11. The Morgan fingerprint density at radius 2 is 2.12 bits per heavy atom. The number of hydrogen-bond donors (Lipinski definition) is 2. The molecule has 1 heterocycles. The zero-order chi connectivity index (χ0) is 12.6. The van der Waals surface area contributed by atoms with Gasteiger partial charge in [0, 0.05) is 0 Å². The van der Waals surface area contributed by atoms with Crippen molar-refractivity contribution in [2.24, 2.45) is 5.73 Å². The highest BCUT2D eigenvalue weighted by Crippen LogP contribution is 2.35. The first-order chi connectivity index (χ1) is 7.88. The van der Waals surface area contributed by atoms with Gasteiger partial charge >= 0.3 is 6.18 Å². The van der Waals surface area contributed by atoms with Gasteiger partial charge in [-0.2, -0.15) is 13.2 Å². The lowest BCUT2D eigenvalue weighted by molar-refractivity contribution is -0.137. The van der Waals surface area contributed by atoms with Crippen LogP contribution < -0.4 is 15.8 Å². The van der Waals surface area contributed by atoms with Crippen LogP contribution in [0.4, 0.5) is 18.9 Å². The Hall–Kier alpha value is -1.76. The normalized spacial score (nSPS) is 20.0. The van der Waals surface area contributed by atoms with Gasteiger partial charge in [0.25, 0.3) is 0 Å². The van der Waals surface area contributed by atoms with Crippen LogP contribution in [0.15, 0.2) is 18.2 Å². The molecular weight excluding hydrogens is 237 g/mol. The third-order valence-corrected chi connectivity index (χ3v) is 2.32. The number of carbonyl (C=O) groups is 1. The van der Waals surface area contributed by atoms with Crippen LogP contribution in [0.3, 0.4) is 0 Å². The number of nitrogens with one attached hydrogen (secondary N) is 1. The molecule has 0 aliphatic carbocycles. The fourth-order valence-electron chi connectivity index (χ4n) is 1.41. The minimum atomic E-state index is -4.46. The molecule has 0 spiro atoms. The fraction of sp³-hybridized carbons (Fsp3) is 0.300. The number of amides is 1. The summed E-state index contributed by atoms with van der Waals surface area (Å²) >= 11 is 0. The summed E-state index contributed by atoms with van der Waals surface area (Å²) in [7, 11) is 0. The van der Waals surface area contributed by atoms with Gasteiger partial charge in [-0.1, -0.05) is 0 Å². The molecule has 0 unspecified atom stereocenters. The van der Waals surface area contributed by atoms with E-state index in [0.717, 1.165) is 18.2 Å². The van der Waals surface area contributed by atoms with Gasteiger partial charge in [-0.05, 0) is 18.2 Å². The van der Waals surface area contributed by atoms with Crippen molar-refractivity contribution in [3.63, 3.8) is 0 Å². The Labute approximate surface area is 94.5 Å². The maximum absolute atomic E-state index is 12.5. The fourth-order valence-corrected chi connectivity index (χ4v) is 1.41. The number of fused-ring (bicyclic) bond motifs is 1. The maximum Gasteiger partial charge on any atom is 0.416 e. The van der Waals surface area contributed by atoms with E-state index in [1.165, 1.54) is 0 Å². The van der Waals surface area contributed by atoms with Crippen LogP contribution in [-0.4, -0.2) is 18.6 Å². The van der Waals surface area contributed by atoms with Crippen LogP contribution in [0, 0.1) is 0 Å². The lowest BCUT2D eigenvalue weighted by atomic mass is 10.2. The van der Waals surface area contributed by atoms with Crippen molar-refractivity contribution in [1.82, 2.24) is 0 Å². The molecule has 0 bridgehead atoms. The highest BCUT2D eigenvalue weighted by Gasteiger charge is 2.32. The molecule has 0 saturated carbocycles. The molecule has 92 valence electrons. The molecule has 0 fully saturated rings. The van der Waals surface area contributed by atoms with E-state index in [9.17, 15) is 18.0 Å². The summed E-state index contributed by atoms with van der Waals surface area (Å²) in [6, 6.07) is 1.99. The van der Waals surface area contributed by atoms with E-state index in [1.807, 2.05) is 0 Å². The molecule has 1 aliphatic rings. The summed E-state index contributed by atoms with van der Waals surface area (Å²) < 4.78 is 42.5. The second kappa shape index (κ2) is 3.92. The third-order valence-electron chi connectivity index (χ3n) is 2.32. The second-order valence-electron chi connectivity index (χ2n) is 3.62. The predicted octanol–water partition coefficient (Wildman–Crippen LogP) is 1.36. The van der Waals surface area contributed by atoms with Gasteiger partial charge in [0.2, 0.25) is 5.91 Å². The highest BCUT2D eigenvalue weighted by molar-refractivity contribution is 5.96. The number of ether oxygens (including phenoxy) is 1. The van der Waals surface area contributed by atoms with Crippen molar-refractivity contribution in [3.05, 3.63) is 23.8 Å². The Balaban J connectivity index is 2.39. The highest BCUT2D eigenvalue weighted by atomic mass is 19.4. The van der Waals surface area contributed by atoms with Gasteiger partial charge in [0.05, 0.1) is 11.3 Å². The van der Waals surface area contributed by atoms with Crippen LogP contribution in [0.1, 0.15) is 5.56 Å². The topological polar surface area (TPSA) is 64.3 Å². The number of carbonyl (C=O) groups excluding carboxylic acids is 1. The molecule has 2 rings (SSSR count).